The van der Waals surface area contributed by atoms with Gasteiger partial charge in [0.25, 0.3) is 0 Å². The van der Waals surface area contributed by atoms with Crippen LogP contribution in [0.5, 0.6) is 0 Å². The quantitative estimate of drug-likeness (QED) is 0.633. The minimum atomic E-state index is -3.38. The molecular weight excluding hydrogens is 474 g/mol. The molecule has 1 N–H and O–H groups in total. The number of anilines is 2. The molecule has 8 nitrogen and oxygen atoms in total. The van der Waals surface area contributed by atoms with Gasteiger partial charge in [0.2, 0.25) is 15.9 Å². The van der Waals surface area contributed by atoms with Gasteiger partial charge in [0.1, 0.15) is 18.5 Å². The van der Waals surface area contributed by atoms with E-state index in [-0.39, 0.29) is 24.4 Å². The summed E-state index contributed by atoms with van der Waals surface area (Å²) in [5.74, 6) is 0.139. The van der Waals surface area contributed by atoms with Crippen LogP contribution in [-0.2, 0) is 14.8 Å². The molecule has 0 unspecified atom stereocenters. The highest BCUT2D eigenvalue weighted by Gasteiger charge is 2.36. The van der Waals surface area contributed by atoms with Crippen molar-refractivity contribution < 1.29 is 13.2 Å². The van der Waals surface area contributed by atoms with E-state index in [1.165, 1.54) is 4.31 Å². The predicted molar refractivity (Wildman–Crippen MR) is 134 cm³/mol. The smallest absolute Gasteiger partial charge is 0.248 e. The van der Waals surface area contributed by atoms with E-state index >= 15 is 0 Å². The Kier molecular flexibility index (Phi) is 7.03. The van der Waals surface area contributed by atoms with Gasteiger partial charge in [-0.25, -0.2) is 8.42 Å². The second-order valence-corrected chi connectivity index (χ2v) is 11.3. The molecule has 2 aliphatic heterocycles. The summed E-state index contributed by atoms with van der Waals surface area (Å²) in [6, 6.07) is 14.7. The van der Waals surface area contributed by atoms with Crippen molar-refractivity contribution in [3.05, 3.63) is 47.5 Å². The lowest BCUT2D eigenvalue weighted by Crippen LogP contribution is -2.48. The number of nitrogens with zero attached hydrogens (tertiary/aromatic N) is 4. The number of likely N-dealkylation sites (N-methyl/N-ethyl adjacent to an activating group) is 1. The van der Waals surface area contributed by atoms with Crippen molar-refractivity contribution in [3.8, 4) is 17.2 Å². The Hall–Kier alpha value is -2.80. The molecule has 2 atom stereocenters. The molecule has 1 amide bonds. The molecular formula is C24H28ClN5O3S. The lowest BCUT2D eigenvalue weighted by atomic mass is 10.0. The Morgan fingerprint density at radius 3 is 2.56 bits per heavy atom. The first kappa shape index (κ1) is 24.3. The number of amides is 1. The Balaban J connectivity index is 1.60. The van der Waals surface area contributed by atoms with Crippen LogP contribution in [0.15, 0.2) is 42.5 Å². The van der Waals surface area contributed by atoms with Gasteiger partial charge in [0.05, 0.1) is 22.5 Å². The van der Waals surface area contributed by atoms with Crippen LogP contribution in [0.25, 0.3) is 11.1 Å². The Labute approximate surface area is 205 Å². The van der Waals surface area contributed by atoms with Gasteiger partial charge >= 0.3 is 0 Å². The number of benzene rings is 2. The zero-order chi connectivity index (χ0) is 24.5. The Morgan fingerprint density at radius 2 is 1.88 bits per heavy atom. The molecule has 34 heavy (non-hydrogen) atoms. The van der Waals surface area contributed by atoms with Gasteiger partial charge in [-0.2, -0.15) is 5.26 Å². The third-order valence-corrected chi connectivity index (χ3v) is 8.45. The molecule has 0 aliphatic carbocycles. The monoisotopic (exact) mass is 501 g/mol. The molecule has 4 rings (SSSR count). The average molecular weight is 502 g/mol. The van der Waals surface area contributed by atoms with E-state index in [9.17, 15) is 13.2 Å². The number of carbonyl (C=O) groups is 1. The molecule has 2 heterocycles. The van der Waals surface area contributed by atoms with Crippen LogP contribution < -0.4 is 14.5 Å². The summed E-state index contributed by atoms with van der Waals surface area (Å²) >= 11 is 6.55. The normalized spacial score (nSPS) is 22.4. The van der Waals surface area contributed by atoms with Crippen molar-refractivity contribution in [1.82, 2.24) is 10.2 Å². The van der Waals surface area contributed by atoms with Crippen LogP contribution in [-0.4, -0.2) is 64.4 Å². The third kappa shape index (κ3) is 4.99. The topological polar surface area (TPSA) is 96.8 Å². The van der Waals surface area contributed by atoms with E-state index in [0.29, 0.717) is 42.7 Å². The van der Waals surface area contributed by atoms with E-state index < -0.39 is 10.0 Å². The van der Waals surface area contributed by atoms with E-state index in [4.69, 9.17) is 16.9 Å². The zero-order valence-corrected chi connectivity index (χ0v) is 20.8. The average Bonchev–Trinajstić information content (AvgIpc) is 3.19. The summed E-state index contributed by atoms with van der Waals surface area (Å²) in [5, 5.41) is 12.0. The summed E-state index contributed by atoms with van der Waals surface area (Å²) in [6.07, 6.45) is 0.687. The number of sulfonamides is 1. The standard InChI is InChI=1S/C24H28ClN5O3S/c1-17-13-23(24(31)27-10-9-26)29(15-17)22-14-19(5-8-21(22)25)18-3-6-20(7-4-18)30-12-11-28(2)16-34(30,32)33/h3-8,14,17,23H,10-13,15-16H2,1-2H3,(H,27,31)/t17-,23-/m0/s1. The molecule has 0 radical (unpaired) electrons. The Bertz CT molecular complexity index is 1210. The number of hydrogen-bond acceptors (Lipinski definition) is 6. The van der Waals surface area contributed by atoms with Crippen LogP contribution in [0.2, 0.25) is 5.02 Å². The van der Waals surface area contributed by atoms with Gasteiger partial charge < -0.3 is 10.2 Å². The van der Waals surface area contributed by atoms with Gasteiger partial charge in [-0.1, -0.05) is 36.7 Å². The minimum absolute atomic E-state index is 0.00661. The van der Waals surface area contributed by atoms with E-state index in [1.807, 2.05) is 53.4 Å². The molecule has 180 valence electrons. The summed E-state index contributed by atoms with van der Waals surface area (Å²) in [4.78, 5) is 16.5. The van der Waals surface area contributed by atoms with Crippen molar-refractivity contribution in [3.63, 3.8) is 0 Å². The number of rotatable bonds is 5. The second-order valence-electron chi connectivity index (χ2n) is 8.99. The molecule has 2 fully saturated rings. The molecule has 0 saturated carbocycles. The highest BCUT2D eigenvalue weighted by atomic mass is 35.5. The van der Waals surface area contributed by atoms with Crippen molar-refractivity contribution in [2.45, 2.75) is 19.4 Å². The molecule has 0 aromatic heterocycles. The first-order valence-electron chi connectivity index (χ1n) is 11.2. The predicted octanol–water partition coefficient (Wildman–Crippen LogP) is 2.90. The van der Waals surface area contributed by atoms with Crippen molar-refractivity contribution >= 4 is 38.9 Å². The fourth-order valence-corrected chi connectivity index (χ4v) is 6.50. The van der Waals surface area contributed by atoms with Gasteiger partial charge in [-0.15, -0.1) is 0 Å². The fraction of sp³-hybridized carbons (Fsp3) is 0.417. The second kappa shape index (κ2) is 9.82. The van der Waals surface area contributed by atoms with Crippen LogP contribution in [0.4, 0.5) is 11.4 Å². The van der Waals surface area contributed by atoms with Gasteiger partial charge in [0, 0.05) is 19.6 Å². The van der Waals surface area contributed by atoms with Gasteiger partial charge in [0.15, 0.2) is 0 Å². The van der Waals surface area contributed by atoms with Crippen molar-refractivity contribution in [2.24, 2.45) is 5.92 Å². The van der Waals surface area contributed by atoms with E-state index in [1.54, 1.807) is 11.9 Å². The maximum absolute atomic E-state index is 12.7. The molecule has 0 bridgehead atoms. The largest absolute Gasteiger partial charge is 0.358 e. The number of halogens is 1. The van der Waals surface area contributed by atoms with Crippen molar-refractivity contribution in [1.29, 1.82) is 5.26 Å². The zero-order valence-electron chi connectivity index (χ0n) is 19.2. The summed E-state index contributed by atoms with van der Waals surface area (Å²) < 4.78 is 26.6. The maximum atomic E-state index is 12.7. The van der Waals surface area contributed by atoms with Crippen LogP contribution in [0.1, 0.15) is 13.3 Å². The lowest BCUT2D eigenvalue weighted by molar-refractivity contribution is -0.122. The minimum Gasteiger partial charge on any atom is -0.358 e. The van der Waals surface area contributed by atoms with Crippen LogP contribution in [0, 0.1) is 17.2 Å². The first-order valence-corrected chi connectivity index (χ1v) is 13.2. The third-order valence-electron chi connectivity index (χ3n) is 6.30. The van der Waals surface area contributed by atoms with Crippen molar-refractivity contribution in [2.75, 3.05) is 48.3 Å². The molecule has 2 aromatic rings. The van der Waals surface area contributed by atoms with E-state index in [2.05, 4.69) is 12.2 Å². The number of nitrogens with one attached hydrogen (secondary N) is 1. The summed E-state index contributed by atoms with van der Waals surface area (Å²) in [7, 11) is -1.58. The molecule has 2 aromatic carbocycles. The van der Waals surface area contributed by atoms with Crippen LogP contribution >= 0.6 is 11.6 Å². The summed E-state index contributed by atoms with van der Waals surface area (Å²) in [6.45, 7) is 3.85. The molecule has 10 heteroatoms. The molecule has 2 saturated heterocycles. The fourth-order valence-electron chi connectivity index (χ4n) is 4.64. The molecule has 0 spiro atoms. The lowest BCUT2D eigenvalue weighted by Gasteiger charge is -2.33. The number of nitriles is 1. The van der Waals surface area contributed by atoms with Gasteiger partial charge in [-0.05, 0) is 54.8 Å². The SMILES string of the molecule is C[C@H]1C[C@@H](C(=O)NCC#N)N(c2cc(-c3ccc(N4CCN(C)CS4(=O)=O)cc3)ccc2Cl)C1. The van der Waals surface area contributed by atoms with E-state index in [0.717, 1.165) is 16.8 Å². The number of hydrogen-bond donors (Lipinski definition) is 1. The Morgan fingerprint density at radius 1 is 1.18 bits per heavy atom. The van der Waals surface area contributed by atoms with Gasteiger partial charge in [-0.3, -0.25) is 14.0 Å². The first-order chi connectivity index (χ1) is 16.2. The summed E-state index contributed by atoms with van der Waals surface area (Å²) in [5.41, 5.74) is 3.26. The highest BCUT2D eigenvalue weighted by molar-refractivity contribution is 7.92. The molecule has 2 aliphatic rings. The highest BCUT2D eigenvalue weighted by Crippen LogP contribution is 2.37. The number of carbonyl (C=O) groups excluding carboxylic acids is 1. The van der Waals surface area contributed by atoms with Crippen LogP contribution in [0.3, 0.4) is 0 Å². The maximum Gasteiger partial charge on any atom is 0.248 e.